The van der Waals surface area contributed by atoms with Crippen molar-refractivity contribution in [2.45, 2.75) is 6.42 Å². The van der Waals surface area contributed by atoms with E-state index in [1.165, 1.54) is 0 Å². The molecule has 1 aliphatic heterocycles. The summed E-state index contributed by atoms with van der Waals surface area (Å²) >= 11 is 0. The first-order valence-corrected chi connectivity index (χ1v) is 6.52. The van der Waals surface area contributed by atoms with Crippen LogP contribution in [-0.2, 0) is 0 Å². The normalized spacial score (nSPS) is 17.7. The average molecular weight is 261 g/mol. The van der Waals surface area contributed by atoms with Crippen LogP contribution in [0.4, 0.5) is 11.6 Å². The standard InChI is InChI=1S/C12H19N7/c1-17-4-2-5-18(8-7-17)12-11-14-3-6-19(11)9-10(15-12)16-13/h3,6,9,16H,2,4-5,7-8,13H2,1H3. The van der Waals surface area contributed by atoms with Gasteiger partial charge in [-0.25, -0.2) is 15.8 Å². The molecule has 19 heavy (non-hydrogen) atoms. The van der Waals surface area contributed by atoms with Gasteiger partial charge in [0.05, 0.1) is 6.20 Å². The SMILES string of the molecule is CN1CCCN(c2nc(NN)cn3ccnc23)CC1. The van der Waals surface area contributed by atoms with Crippen LogP contribution in [0.3, 0.4) is 0 Å². The largest absolute Gasteiger partial charge is 0.352 e. The number of nitrogens with two attached hydrogens (primary N) is 1. The van der Waals surface area contributed by atoms with E-state index in [0.717, 1.165) is 44.1 Å². The predicted octanol–water partition coefficient (Wildman–Crippen LogP) is 0.157. The number of likely N-dealkylation sites (N-methyl/N-ethyl adjacent to an activating group) is 1. The van der Waals surface area contributed by atoms with E-state index in [9.17, 15) is 0 Å². The van der Waals surface area contributed by atoms with Crippen molar-refractivity contribution >= 4 is 17.3 Å². The molecule has 0 atom stereocenters. The maximum atomic E-state index is 5.49. The lowest BCUT2D eigenvalue weighted by Crippen LogP contribution is -2.30. The van der Waals surface area contributed by atoms with E-state index in [-0.39, 0.29) is 0 Å². The van der Waals surface area contributed by atoms with E-state index in [2.05, 4.69) is 32.2 Å². The smallest absolute Gasteiger partial charge is 0.180 e. The van der Waals surface area contributed by atoms with Gasteiger partial charge in [0, 0.05) is 32.0 Å². The van der Waals surface area contributed by atoms with E-state index >= 15 is 0 Å². The van der Waals surface area contributed by atoms with Crippen LogP contribution >= 0.6 is 0 Å². The fourth-order valence-electron chi connectivity index (χ4n) is 2.46. The lowest BCUT2D eigenvalue weighted by Gasteiger charge is -2.22. The molecule has 0 spiro atoms. The first kappa shape index (κ1) is 12.2. The first-order valence-electron chi connectivity index (χ1n) is 6.52. The van der Waals surface area contributed by atoms with Gasteiger partial charge in [-0.1, -0.05) is 0 Å². The highest BCUT2D eigenvalue weighted by Gasteiger charge is 2.18. The van der Waals surface area contributed by atoms with Gasteiger partial charge in [0.2, 0.25) is 0 Å². The van der Waals surface area contributed by atoms with Crippen molar-refractivity contribution in [3.63, 3.8) is 0 Å². The van der Waals surface area contributed by atoms with Gasteiger partial charge in [0.15, 0.2) is 17.3 Å². The Labute approximate surface area is 112 Å². The van der Waals surface area contributed by atoms with Crippen molar-refractivity contribution in [1.29, 1.82) is 0 Å². The molecule has 2 aromatic rings. The van der Waals surface area contributed by atoms with Gasteiger partial charge in [-0.2, -0.15) is 0 Å². The van der Waals surface area contributed by atoms with Crippen molar-refractivity contribution in [2.24, 2.45) is 5.84 Å². The van der Waals surface area contributed by atoms with Gasteiger partial charge in [-0.15, -0.1) is 0 Å². The molecule has 3 rings (SSSR count). The highest BCUT2D eigenvalue weighted by atomic mass is 15.3. The Bertz CT molecular complexity index is 564. The van der Waals surface area contributed by atoms with Gasteiger partial charge in [0.25, 0.3) is 0 Å². The third-order valence-corrected chi connectivity index (χ3v) is 3.52. The minimum atomic E-state index is 0.651. The quantitative estimate of drug-likeness (QED) is 0.592. The predicted molar refractivity (Wildman–Crippen MR) is 75.1 cm³/mol. The summed E-state index contributed by atoms with van der Waals surface area (Å²) in [5.74, 6) is 7.04. The van der Waals surface area contributed by atoms with E-state index < -0.39 is 0 Å². The van der Waals surface area contributed by atoms with Crippen molar-refractivity contribution in [2.75, 3.05) is 43.6 Å². The Balaban J connectivity index is 2.00. The van der Waals surface area contributed by atoms with Crippen LogP contribution in [0.1, 0.15) is 6.42 Å². The Morgan fingerprint density at radius 3 is 3.00 bits per heavy atom. The number of hydrogen-bond donors (Lipinski definition) is 2. The van der Waals surface area contributed by atoms with Crippen LogP contribution in [0, 0.1) is 0 Å². The summed E-state index contributed by atoms with van der Waals surface area (Å²) in [4.78, 5) is 13.6. The van der Waals surface area contributed by atoms with Crippen LogP contribution in [0.25, 0.3) is 5.65 Å². The molecule has 3 heterocycles. The van der Waals surface area contributed by atoms with Gasteiger partial charge < -0.3 is 19.6 Å². The molecule has 1 fully saturated rings. The zero-order valence-corrected chi connectivity index (χ0v) is 11.1. The maximum Gasteiger partial charge on any atom is 0.180 e. The van der Waals surface area contributed by atoms with Gasteiger partial charge in [0.1, 0.15) is 0 Å². The lowest BCUT2D eigenvalue weighted by molar-refractivity contribution is 0.360. The van der Waals surface area contributed by atoms with Crippen LogP contribution in [0.2, 0.25) is 0 Å². The Kier molecular flexibility index (Phi) is 3.22. The molecule has 0 unspecified atom stereocenters. The minimum absolute atomic E-state index is 0.651. The summed E-state index contributed by atoms with van der Waals surface area (Å²) < 4.78 is 1.95. The number of imidazole rings is 1. The zero-order valence-electron chi connectivity index (χ0n) is 11.1. The van der Waals surface area contributed by atoms with E-state index in [0.29, 0.717) is 5.82 Å². The third-order valence-electron chi connectivity index (χ3n) is 3.52. The molecule has 0 amide bonds. The number of anilines is 2. The van der Waals surface area contributed by atoms with Crippen molar-refractivity contribution in [1.82, 2.24) is 19.3 Å². The summed E-state index contributed by atoms with van der Waals surface area (Å²) in [5.41, 5.74) is 3.49. The molecule has 102 valence electrons. The van der Waals surface area contributed by atoms with E-state index in [4.69, 9.17) is 5.84 Å². The summed E-state index contributed by atoms with van der Waals surface area (Å²) in [6.07, 6.45) is 6.66. The number of hydrazine groups is 1. The van der Waals surface area contributed by atoms with Crippen LogP contribution in [0.15, 0.2) is 18.6 Å². The molecule has 3 N–H and O–H groups in total. The highest BCUT2D eigenvalue weighted by molar-refractivity contribution is 5.66. The third kappa shape index (κ3) is 2.34. The number of nitrogens with one attached hydrogen (secondary N) is 1. The summed E-state index contributed by atoms with van der Waals surface area (Å²) in [7, 11) is 2.15. The van der Waals surface area contributed by atoms with Crippen LogP contribution in [-0.4, -0.2) is 52.5 Å². The zero-order chi connectivity index (χ0) is 13.2. The molecule has 7 heteroatoms. The Morgan fingerprint density at radius 1 is 1.26 bits per heavy atom. The molecule has 1 aliphatic rings. The molecular formula is C12H19N7. The Hall–Kier alpha value is -1.86. The molecule has 0 saturated carbocycles. The number of nitrogen functional groups attached to an aromatic ring is 1. The van der Waals surface area contributed by atoms with Gasteiger partial charge in [-0.3, -0.25) is 0 Å². The number of hydrogen-bond acceptors (Lipinski definition) is 6. The van der Waals surface area contributed by atoms with Crippen molar-refractivity contribution in [3.05, 3.63) is 18.6 Å². The van der Waals surface area contributed by atoms with Crippen molar-refractivity contribution in [3.8, 4) is 0 Å². The van der Waals surface area contributed by atoms with Crippen LogP contribution < -0.4 is 16.2 Å². The average Bonchev–Trinajstić information content (AvgIpc) is 2.79. The first-order chi connectivity index (χ1) is 9.28. The molecular weight excluding hydrogens is 242 g/mol. The molecule has 0 aromatic carbocycles. The van der Waals surface area contributed by atoms with E-state index in [1.807, 2.05) is 16.8 Å². The fraction of sp³-hybridized carbons (Fsp3) is 0.500. The molecule has 0 radical (unpaired) electrons. The van der Waals surface area contributed by atoms with Crippen LogP contribution in [0.5, 0.6) is 0 Å². The highest BCUT2D eigenvalue weighted by Crippen LogP contribution is 2.21. The maximum absolute atomic E-state index is 5.49. The number of nitrogens with zero attached hydrogens (tertiary/aromatic N) is 5. The minimum Gasteiger partial charge on any atom is -0.352 e. The van der Waals surface area contributed by atoms with Gasteiger partial charge in [-0.05, 0) is 20.0 Å². The second-order valence-electron chi connectivity index (χ2n) is 4.90. The molecule has 0 bridgehead atoms. The monoisotopic (exact) mass is 261 g/mol. The Morgan fingerprint density at radius 2 is 2.16 bits per heavy atom. The topological polar surface area (TPSA) is 74.7 Å². The second-order valence-corrected chi connectivity index (χ2v) is 4.90. The molecule has 7 nitrogen and oxygen atoms in total. The molecule has 0 aliphatic carbocycles. The number of rotatable bonds is 2. The van der Waals surface area contributed by atoms with Gasteiger partial charge >= 0.3 is 0 Å². The second kappa shape index (κ2) is 5.02. The summed E-state index contributed by atoms with van der Waals surface area (Å²) in [6, 6.07) is 0. The lowest BCUT2D eigenvalue weighted by atomic mass is 10.4. The fourth-order valence-corrected chi connectivity index (χ4v) is 2.46. The van der Waals surface area contributed by atoms with Crippen molar-refractivity contribution < 1.29 is 0 Å². The molecule has 2 aromatic heterocycles. The van der Waals surface area contributed by atoms with E-state index in [1.54, 1.807) is 6.20 Å². The molecule has 1 saturated heterocycles. The number of aromatic nitrogens is 3. The summed E-state index contributed by atoms with van der Waals surface area (Å²) in [6.45, 7) is 4.11. The number of fused-ring (bicyclic) bond motifs is 1. The summed E-state index contributed by atoms with van der Waals surface area (Å²) in [5, 5.41) is 0.